The van der Waals surface area contributed by atoms with Crippen LogP contribution < -0.4 is 0 Å². The molecule has 1 heteroatoms. The van der Waals surface area contributed by atoms with Crippen molar-refractivity contribution in [1.29, 1.82) is 0 Å². The fourth-order valence-corrected chi connectivity index (χ4v) is 10.4. The highest BCUT2D eigenvalue weighted by Crippen LogP contribution is 2.80. The third-order valence-electron chi connectivity index (χ3n) is 12.0. The lowest BCUT2D eigenvalue weighted by molar-refractivity contribution is -0.137. The molecule has 29 heavy (non-hydrogen) atoms. The summed E-state index contributed by atoms with van der Waals surface area (Å²) in [5.41, 5.74) is 1.71. The largest absolute Gasteiger partial charge is 0.393 e. The van der Waals surface area contributed by atoms with Crippen molar-refractivity contribution in [3.05, 3.63) is 0 Å². The Hall–Kier alpha value is -0.0400. The zero-order valence-corrected chi connectivity index (χ0v) is 20.1. The molecule has 0 bridgehead atoms. The molecule has 5 aliphatic rings. The van der Waals surface area contributed by atoms with Gasteiger partial charge < -0.3 is 5.11 Å². The fraction of sp³-hybridized carbons (Fsp3) is 1.00. The molecule has 0 heterocycles. The molecule has 0 unspecified atom stereocenters. The molecule has 5 saturated carbocycles. The molecule has 0 aromatic carbocycles. The van der Waals surface area contributed by atoms with Gasteiger partial charge in [-0.05, 0) is 115 Å². The molecule has 0 amide bonds. The molecule has 5 rings (SSSR count). The SMILES string of the molecule is CC(C)CCC[C@@H](C)[C@H]1CC[C@H]2[C@@H]3C[C@@H]4C[C@@]45C[C@H](O)CC[C@]5(C)[C@H]3CC[C@]12C. The van der Waals surface area contributed by atoms with Gasteiger partial charge in [-0.2, -0.15) is 0 Å². The van der Waals surface area contributed by atoms with Gasteiger partial charge in [0.1, 0.15) is 0 Å². The predicted molar refractivity (Wildman–Crippen MR) is 122 cm³/mol. The molecule has 0 aromatic rings. The molecule has 5 fully saturated rings. The third kappa shape index (κ3) is 2.95. The van der Waals surface area contributed by atoms with E-state index in [0.29, 0.717) is 16.2 Å². The standard InChI is InChI=1S/C28H48O/c1-18(2)7-6-8-19(3)23-9-10-24-22-15-20-16-28(20)17-21(29)11-14-27(28,5)25(22)12-13-26(23,24)4/h18-25,29H,6-17H2,1-5H3/t19-,20-,21-,22+,23-,24+,25+,26-,27-,28-/m1/s1. The number of hydrogen-bond donors (Lipinski definition) is 1. The van der Waals surface area contributed by atoms with E-state index in [1.54, 1.807) is 0 Å². The molecule has 1 spiro atoms. The highest BCUT2D eigenvalue weighted by molar-refractivity contribution is 5.22. The Morgan fingerprint density at radius 2 is 1.69 bits per heavy atom. The predicted octanol–water partition coefficient (Wildman–Crippen LogP) is 7.47. The second-order valence-corrected chi connectivity index (χ2v) is 13.5. The van der Waals surface area contributed by atoms with Gasteiger partial charge in [-0.3, -0.25) is 0 Å². The second kappa shape index (κ2) is 6.98. The molecule has 166 valence electrons. The van der Waals surface area contributed by atoms with Gasteiger partial charge in [0, 0.05) is 0 Å². The maximum atomic E-state index is 10.4. The van der Waals surface area contributed by atoms with E-state index in [9.17, 15) is 5.11 Å². The van der Waals surface area contributed by atoms with E-state index < -0.39 is 0 Å². The highest BCUT2D eigenvalue weighted by Gasteiger charge is 2.73. The Labute approximate surface area is 180 Å². The van der Waals surface area contributed by atoms with E-state index >= 15 is 0 Å². The number of hydrogen-bond acceptors (Lipinski definition) is 1. The van der Waals surface area contributed by atoms with Crippen molar-refractivity contribution < 1.29 is 5.11 Å². The molecule has 1 nitrogen and oxygen atoms in total. The summed E-state index contributed by atoms with van der Waals surface area (Å²) >= 11 is 0. The van der Waals surface area contributed by atoms with Crippen LogP contribution in [0.5, 0.6) is 0 Å². The van der Waals surface area contributed by atoms with E-state index in [-0.39, 0.29) is 6.10 Å². The minimum Gasteiger partial charge on any atom is -0.393 e. The first kappa shape index (κ1) is 20.8. The smallest absolute Gasteiger partial charge is 0.0546 e. The molecular formula is C28H48O. The lowest BCUT2D eigenvalue weighted by atomic mass is 9.44. The molecule has 0 saturated heterocycles. The molecule has 0 aromatic heterocycles. The first-order chi connectivity index (χ1) is 13.7. The molecule has 0 aliphatic heterocycles. The van der Waals surface area contributed by atoms with Crippen molar-refractivity contribution in [1.82, 2.24) is 0 Å². The van der Waals surface area contributed by atoms with Gasteiger partial charge in [-0.15, -0.1) is 0 Å². The van der Waals surface area contributed by atoms with E-state index in [1.165, 1.54) is 64.2 Å². The summed E-state index contributed by atoms with van der Waals surface area (Å²) in [7, 11) is 0. The van der Waals surface area contributed by atoms with Crippen molar-refractivity contribution >= 4 is 0 Å². The summed E-state index contributed by atoms with van der Waals surface area (Å²) in [6, 6.07) is 0. The van der Waals surface area contributed by atoms with Gasteiger partial charge >= 0.3 is 0 Å². The third-order valence-corrected chi connectivity index (χ3v) is 12.0. The Balaban J connectivity index is 1.33. The van der Waals surface area contributed by atoms with Crippen LogP contribution in [0.1, 0.15) is 112 Å². The van der Waals surface area contributed by atoms with Gasteiger partial charge in [0.2, 0.25) is 0 Å². The lowest BCUT2D eigenvalue weighted by Gasteiger charge is -2.61. The van der Waals surface area contributed by atoms with E-state index in [2.05, 4.69) is 34.6 Å². The number of rotatable bonds is 5. The molecule has 1 N–H and O–H groups in total. The number of fused-ring (bicyclic) bond motifs is 4. The average Bonchev–Trinajstić information content (AvgIpc) is 3.22. The zero-order valence-electron chi connectivity index (χ0n) is 20.1. The van der Waals surface area contributed by atoms with Crippen molar-refractivity contribution in [3.63, 3.8) is 0 Å². The Kier molecular flexibility index (Phi) is 5.02. The topological polar surface area (TPSA) is 20.2 Å². The molecular weight excluding hydrogens is 352 g/mol. The minimum atomic E-state index is 0.000955. The highest BCUT2D eigenvalue weighted by atomic mass is 16.3. The maximum absolute atomic E-state index is 10.4. The van der Waals surface area contributed by atoms with Crippen LogP contribution in [-0.4, -0.2) is 11.2 Å². The first-order valence-corrected chi connectivity index (χ1v) is 13.4. The van der Waals surface area contributed by atoms with E-state index in [1.807, 2.05) is 0 Å². The van der Waals surface area contributed by atoms with Crippen LogP contribution in [0.3, 0.4) is 0 Å². The maximum Gasteiger partial charge on any atom is 0.0546 e. The van der Waals surface area contributed by atoms with E-state index in [0.717, 1.165) is 54.3 Å². The zero-order chi connectivity index (χ0) is 20.6. The fourth-order valence-electron chi connectivity index (χ4n) is 10.4. The summed E-state index contributed by atoms with van der Waals surface area (Å²) < 4.78 is 0. The van der Waals surface area contributed by atoms with Gasteiger partial charge in [-0.1, -0.05) is 53.9 Å². The van der Waals surface area contributed by atoms with Crippen LogP contribution in [0, 0.1) is 57.7 Å². The summed E-state index contributed by atoms with van der Waals surface area (Å²) in [5.74, 6) is 6.68. The lowest BCUT2D eigenvalue weighted by Crippen LogP contribution is -2.55. The van der Waals surface area contributed by atoms with Gasteiger partial charge in [0.15, 0.2) is 0 Å². The average molecular weight is 401 g/mol. The van der Waals surface area contributed by atoms with Crippen molar-refractivity contribution in [2.45, 2.75) is 118 Å². The van der Waals surface area contributed by atoms with Crippen LogP contribution in [0.2, 0.25) is 0 Å². The first-order valence-electron chi connectivity index (χ1n) is 13.4. The Bertz CT molecular complexity index is 626. The monoisotopic (exact) mass is 400 g/mol. The summed E-state index contributed by atoms with van der Waals surface area (Å²) in [4.78, 5) is 0. The van der Waals surface area contributed by atoms with Gasteiger partial charge in [0.05, 0.1) is 6.10 Å². The van der Waals surface area contributed by atoms with Crippen LogP contribution in [-0.2, 0) is 0 Å². The molecule has 10 atom stereocenters. The summed E-state index contributed by atoms with van der Waals surface area (Å²) in [6.07, 6.45) is 16.8. The Morgan fingerprint density at radius 3 is 2.45 bits per heavy atom. The van der Waals surface area contributed by atoms with Crippen LogP contribution in [0.15, 0.2) is 0 Å². The van der Waals surface area contributed by atoms with Crippen LogP contribution >= 0.6 is 0 Å². The van der Waals surface area contributed by atoms with Gasteiger partial charge in [0.25, 0.3) is 0 Å². The Morgan fingerprint density at radius 1 is 0.897 bits per heavy atom. The quantitative estimate of drug-likeness (QED) is 0.507. The normalized spacial score (nSPS) is 54.3. The number of aliphatic hydroxyl groups excluding tert-OH is 1. The van der Waals surface area contributed by atoms with Gasteiger partial charge in [-0.25, -0.2) is 0 Å². The summed E-state index contributed by atoms with van der Waals surface area (Å²) in [6.45, 7) is 12.8. The van der Waals surface area contributed by atoms with Crippen LogP contribution in [0.25, 0.3) is 0 Å². The second-order valence-electron chi connectivity index (χ2n) is 13.5. The molecule has 0 radical (unpaired) electrons. The van der Waals surface area contributed by atoms with Crippen LogP contribution in [0.4, 0.5) is 0 Å². The van der Waals surface area contributed by atoms with E-state index in [4.69, 9.17) is 0 Å². The van der Waals surface area contributed by atoms with Crippen molar-refractivity contribution in [3.8, 4) is 0 Å². The summed E-state index contributed by atoms with van der Waals surface area (Å²) in [5, 5.41) is 10.4. The molecule has 5 aliphatic carbocycles. The number of aliphatic hydroxyl groups is 1. The van der Waals surface area contributed by atoms with Crippen molar-refractivity contribution in [2.24, 2.45) is 57.7 Å². The van der Waals surface area contributed by atoms with Crippen molar-refractivity contribution in [2.75, 3.05) is 0 Å². The minimum absolute atomic E-state index is 0.000955.